The van der Waals surface area contributed by atoms with Crippen LogP contribution in [0, 0.1) is 6.92 Å². The zero-order valence-electron chi connectivity index (χ0n) is 9.45. The maximum Gasteiger partial charge on any atom is 0.137 e. The van der Waals surface area contributed by atoms with Crippen molar-refractivity contribution in [1.29, 1.82) is 0 Å². The first kappa shape index (κ1) is 10.2. The van der Waals surface area contributed by atoms with Gasteiger partial charge in [-0.1, -0.05) is 25.1 Å². The normalized spacial score (nSPS) is 15.5. The second-order valence-corrected chi connectivity index (χ2v) is 4.29. The van der Waals surface area contributed by atoms with Gasteiger partial charge in [-0.3, -0.25) is 0 Å². The van der Waals surface area contributed by atoms with E-state index in [1.54, 1.807) is 0 Å². The van der Waals surface area contributed by atoms with E-state index in [1.807, 2.05) is 13.0 Å². The molecule has 0 bridgehead atoms. The van der Waals surface area contributed by atoms with Gasteiger partial charge >= 0.3 is 0 Å². The molecule has 1 aromatic carbocycles. The van der Waals surface area contributed by atoms with E-state index in [1.165, 1.54) is 5.56 Å². The van der Waals surface area contributed by atoms with Gasteiger partial charge in [0.15, 0.2) is 0 Å². The molecule has 0 amide bonds. The summed E-state index contributed by atoms with van der Waals surface area (Å²) in [4.78, 5) is 0. The molecule has 0 radical (unpaired) electrons. The van der Waals surface area contributed by atoms with E-state index >= 15 is 0 Å². The Morgan fingerprint density at radius 2 is 2.00 bits per heavy atom. The molecular weight excluding hydrogens is 186 g/mol. The average molecular weight is 203 g/mol. The summed E-state index contributed by atoms with van der Waals surface area (Å²) in [7, 11) is 0. The van der Waals surface area contributed by atoms with Crippen molar-refractivity contribution in [1.82, 2.24) is 0 Å². The number of hydrogen-bond acceptors (Lipinski definition) is 2. The summed E-state index contributed by atoms with van der Waals surface area (Å²) in [5, 5.41) is 1.16. The van der Waals surface area contributed by atoms with Crippen LogP contribution in [0.1, 0.15) is 31.1 Å². The van der Waals surface area contributed by atoms with Gasteiger partial charge < -0.3 is 10.2 Å². The molecule has 2 unspecified atom stereocenters. The van der Waals surface area contributed by atoms with E-state index in [2.05, 4.69) is 32.0 Å². The molecule has 1 heterocycles. The minimum Gasteiger partial charge on any atom is -0.460 e. The fraction of sp³-hybridized carbons (Fsp3) is 0.385. The van der Waals surface area contributed by atoms with Crippen LogP contribution in [-0.2, 0) is 0 Å². The van der Waals surface area contributed by atoms with E-state index in [-0.39, 0.29) is 12.0 Å². The van der Waals surface area contributed by atoms with E-state index in [9.17, 15) is 0 Å². The summed E-state index contributed by atoms with van der Waals surface area (Å²) < 4.78 is 5.84. The lowest BCUT2D eigenvalue weighted by Crippen LogP contribution is -2.21. The van der Waals surface area contributed by atoms with E-state index in [0.29, 0.717) is 0 Å². The molecule has 0 aliphatic heterocycles. The topological polar surface area (TPSA) is 39.2 Å². The van der Waals surface area contributed by atoms with Crippen LogP contribution in [0.4, 0.5) is 0 Å². The highest BCUT2D eigenvalue weighted by molar-refractivity contribution is 5.81. The largest absolute Gasteiger partial charge is 0.460 e. The van der Waals surface area contributed by atoms with Gasteiger partial charge in [0.2, 0.25) is 0 Å². The van der Waals surface area contributed by atoms with E-state index in [4.69, 9.17) is 10.2 Å². The van der Waals surface area contributed by atoms with Crippen molar-refractivity contribution in [3.05, 3.63) is 35.6 Å². The van der Waals surface area contributed by atoms with Crippen molar-refractivity contribution >= 4 is 11.0 Å². The molecule has 0 aliphatic rings. The van der Waals surface area contributed by atoms with Crippen molar-refractivity contribution in [2.24, 2.45) is 5.73 Å². The zero-order valence-corrected chi connectivity index (χ0v) is 9.45. The SMILES string of the molecule is Cc1cccc2cc(C(C)C(C)N)oc12. The molecule has 0 spiro atoms. The van der Waals surface area contributed by atoms with Crippen LogP contribution in [0.15, 0.2) is 28.7 Å². The lowest BCUT2D eigenvalue weighted by atomic mass is 10.0. The van der Waals surface area contributed by atoms with Crippen LogP contribution in [0.25, 0.3) is 11.0 Å². The van der Waals surface area contributed by atoms with Crippen molar-refractivity contribution < 1.29 is 4.42 Å². The molecular formula is C13H17NO. The predicted molar refractivity (Wildman–Crippen MR) is 63.0 cm³/mol. The van der Waals surface area contributed by atoms with Gasteiger partial charge in [-0.25, -0.2) is 0 Å². The fourth-order valence-corrected chi connectivity index (χ4v) is 1.71. The van der Waals surface area contributed by atoms with Gasteiger partial charge in [-0.2, -0.15) is 0 Å². The van der Waals surface area contributed by atoms with Gasteiger partial charge in [0.05, 0.1) is 0 Å². The second kappa shape index (κ2) is 3.70. The minimum absolute atomic E-state index is 0.117. The van der Waals surface area contributed by atoms with E-state index < -0.39 is 0 Å². The number of fused-ring (bicyclic) bond motifs is 1. The molecule has 2 rings (SSSR count). The summed E-state index contributed by atoms with van der Waals surface area (Å²) in [6.07, 6.45) is 0. The van der Waals surface area contributed by atoms with Gasteiger partial charge in [-0.05, 0) is 25.5 Å². The molecule has 2 heteroatoms. The first-order chi connectivity index (χ1) is 7.09. The number of aryl methyl sites for hydroxylation is 1. The maximum atomic E-state index is 5.87. The summed E-state index contributed by atoms with van der Waals surface area (Å²) in [6.45, 7) is 6.16. The number of para-hydroxylation sites is 1. The highest BCUT2D eigenvalue weighted by atomic mass is 16.3. The number of rotatable bonds is 2. The van der Waals surface area contributed by atoms with Gasteiger partial charge in [0.25, 0.3) is 0 Å². The van der Waals surface area contributed by atoms with Crippen LogP contribution in [-0.4, -0.2) is 6.04 Å². The van der Waals surface area contributed by atoms with Crippen LogP contribution in [0.3, 0.4) is 0 Å². The van der Waals surface area contributed by atoms with Gasteiger partial charge in [0.1, 0.15) is 11.3 Å². The second-order valence-electron chi connectivity index (χ2n) is 4.29. The van der Waals surface area contributed by atoms with Crippen LogP contribution >= 0.6 is 0 Å². The molecule has 1 aromatic heterocycles. The van der Waals surface area contributed by atoms with Crippen LogP contribution in [0.2, 0.25) is 0 Å². The highest BCUT2D eigenvalue weighted by Gasteiger charge is 2.15. The molecule has 0 saturated carbocycles. The third kappa shape index (κ3) is 1.77. The maximum absolute atomic E-state index is 5.87. The van der Waals surface area contributed by atoms with E-state index in [0.717, 1.165) is 16.7 Å². The molecule has 0 saturated heterocycles. The van der Waals surface area contributed by atoms with Gasteiger partial charge in [0, 0.05) is 17.3 Å². The van der Waals surface area contributed by atoms with Crippen molar-refractivity contribution in [2.45, 2.75) is 32.7 Å². The molecule has 2 atom stereocenters. The zero-order chi connectivity index (χ0) is 11.0. The monoisotopic (exact) mass is 203 g/mol. The first-order valence-corrected chi connectivity index (χ1v) is 5.34. The average Bonchev–Trinajstić information content (AvgIpc) is 2.61. The number of benzene rings is 1. The Hall–Kier alpha value is -1.28. The Labute approximate surface area is 90.1 Å². The Morgan fingerprint density at radius 3 is 2.60 bits per heavy atom. The molecule has 2 nitrogen and oxygen atoms in total. The molecule has 0 fully saturated rings. The quantitative estimate of drug-likeness (QED) is 0.814. The number of furan rings is 1. The fourth-order valence-electron chi connectivity index (χ4n) is 1.71. The minimum atomic E-state index is 0.117. The standard InChI is InChI=1S/C13H17NO/c1-8-5-4-6-11-7-12(15-13(8)11)9(2)10(3)14/h4-7,9-10H,14H2,1-3H3. The molecule has 2 aromatic rings. The summed E-state index contributed by atoms with van der Waals surface area (Å²) in [5.41, 5.74) is 8.03. The Bertz CT molecular complexity index is 470. The lowest BCUT2D eigenvalue weighted by Gasteiger charge is -2.11. The molecule has 2 N–H and O–H groups in total. The summed E-state index contributed by atoms with van der Waals surface area (Å²) >= 11 is 0. The third-order valence-corrected chi connectivity index (χ3v) is 3.00. The predicted octanol–water partition coefficient (Wildman–Crippen LogP) is 3.19. The number of hydrogen-bond donors (Lipinski definition) is 1. The molecule has 0 aliphatic carbocycles. The van der Waals surface area contributed by atoms with Crippen molar-refractivity contribution in [2.75, 3.05) is 0 Å². The van der Waals surface area contributed by atoms with Crippen molar-refractivity contribution in [3.8, 4) is 0 Å². The summed E-state index contributed by atoms with van der Waals surface area (Å²) in [5.74, 6) is 1.24. The Morgan fingerprint density at radius 1 is 1.27 bits per heavy atom. The van der Waals surface area contributed by atoms with Crippen LogP contribution < -0.4 is 5.73 Å². The Balaban J connectivity index is 2.52. The molecule has 15 heavy (non-hydrogen) atoms. The Kier molecular flexibility index (Phi) is 2.53. The highest BCUT2D eigenvalue weighted by Crippen LogP contribution is 2.28. The van der Waals surface area contributed by atoms with Crippen molar-refractivity contribution in [3.63, 3.8) is 0 Å². The smallest absolute Gasteiger partial charge is 0.137 e. The lowest BCUT2D eigenvalue weighted by molar-refractivity contribution is 0.468. The van der Waals surface area contributed by atoms with Gasteiger partial charge in [-0.15, -0.1) is 0 Å². The summed E-state index contributed by atoms with van der Waals surface area (Å²) in [6, 6.07) is 8.39. The molecule has 80 valence electrons. The third-order valence-electron chi connectivity index (χ3n) is 3.00. The number of nitrogens with two attached hydrogens (primary N) is 1. The van der Waals surface area contributed by atoms with Crippen LogP contribution in [0.5, 0.6) is 0 Å². The first-order valence-electron chi connectivity index (χ1n) is 5.34.